The molecule has 4 N–H and O–H groups in total. The molecule has 5 nitrogen and oxygen atoms in total. The van der Waals surface area contributed by atoms with Crippen molar-refractivity contribution in [2.75, 3.05) is 24.6 Å². The first-order chi connectivity index (χ1) is 8.54. The maximum absolute atomic E-state index is 11.9. The van der Waals surface area contributed by atoms with Crippen molar-refractivity contribution in [3.05, 3.63) is 24.3 Å². The summed E-state index contributed by atoms with van der Waals surface area (Å²) in [5, 5.41) is 12.0. The molecule has 5 heteroatoms. The Balaban J connectivity index is 1.83. The van der Waals surface area contributed by atoms with Gasteiger partial charge in [0.05, 0.1) is 6.10 Å². The van der Waals surface area contributed by atoms with Gasteiger partial charge in [-0.3, -0.25) is 0 Å². The van der Waals surface area contributed by atoms with E-state index in [-0.39, 0.29) is 12.1 Å². The van der Waals surface area contributed by atoms with Crippen LogP contribution in [0, 0.1) is 5.92 Å². The molecular formula is C13H19N3O2. The highest BCUT2D eigenvalue weighted by Gasteiger charge is 2.29. The lowest BCUT2D eigenvalue weighted by Crippen LogP contribution is -2.41. The number of nitrogens with two attached hydrogens (primary N) is 1. The number of hydrogen-bond acceptors (Lipinski definition) is 3. The fraction of sp³-hybridized carbons (Fsp3) is 0.462. The van der Waals surface area contributed by atoms with E-state index in [4.69, 9.17) is 5.73 Å². The lowest BCUT2D eigenvalue weighted by molar-refractivity contribution is 0.0332. The zero-order chi connectivity index (χ0) is 13.1. The van der Waals surface area contributed by atoms with Crippen LogP contribution >= 0.6 is 0 Å². The zero-order valence-electron chi connectivity index (χ0n) is 10.5. The van der Waals surface area contributed by atoms with Gasteiger partial charge in [0.15, 0.2) is 0 Å². The summed E-state index contributed by atoms with van der Waals surface area (Å²) >= 11 is 0. The third-order valence-electron chi connectivity index (χ3n) is 3.23. The number of carbonyl (C=O) groups excluding carboxylic acids is 1. The van der Waals surface area contributed by atoms with Crippen LogP contribution in [0.5, 0.6) is 0 Å². The third-order valence-corrected chi connectivity index (χ3v) is 3.23. The van der Waals surface area contributed by atoms with Gasteiger partial charge in [-0.15, -0.1) is 0 Å². The van der Waals surface area contributed by atoms with Gasteiger partial charge in [-0.25, -0.2) is 4.79 Å². The van der Waals surface area contributed by atoms with Crippen LogP contribution in [0.2, 0.25) is 0 Å². The average molecular weight is 249 g/mol. The summed E-state index contributed by atoms with van der Waals surface area (Å²) in [5.41, 5.74) is 6.96. The van der Waals surface area contributed by atoms with Crippen molar-refractivity contribution in [2.45, 2.75) is 18.9 Å². The SMILES string of the molecule is CN(CC1CC(O)C1)C(=O)Nc1cccc(N)c1. The molecule has 1 aliphatic rings. The number of nitrogens with zero attached hydrogens (tertiary/aromatic N) is 1. The van der Waals surface area contributed by atoms with Crippen molar-refractivity contribution >= 4 is 17.4 Å². The van der Waals surface area contributed by atoms with Crippen LogP contribution in [0.4, 0.5) is 16.2 Å². The predicted octanol–water partition coefficient (Wildman–Crippen LogP) is 1.50. The van der Waals surface area contributed by atoms with Crippen LogP contribution in [0.1, 0.15) is 12.8 Å². The second-order valence-corrected chi connectivity index (χ2v) is 4.93. The van der Waals surface area contributed by atoms with Gasteiger partial charge >= 0.3 is 6.03 Å². The minimum absolute atomic E-state index is 0.151. The molecule has 0 saturated heterocycles. The van der Waals surface area contributed by atoms with Crippen molar-refractivity contribution in [1.29, 1.82) is 0 Å². The molecule has 18 heavy (non-hydrogen) atoms. The Bertz CT molecular complexity index is 430. The molecule has 1 aliphatic carbocycles. The Hall–Kier alpha value is -1.75. The molecule has 0 aliphatic heterocycles. The Kier molecular flexibility index (Phi) is 3.72. The maximum Gasteiger partial charge on any atom is 0.321 e. The molecule has 1 aromatic carbocycles. The number of aliphatic hydroxyl groups excluding tert-OH is 1. The van der Waals surface area contributed by atoms with Crippen molar-refractivity contribution < 1.29 is 9.90 Å². The standard InChI is InChI=1S/C13H19N3O2/c1-16(8-9-5-12(17)6-9)13(18)15-11-4-2-3-10(14)7-11/h2-4,7,9,12,17H,5-6,8,14H2,1H3,(H,15,18). The largest absolute Gasteiger partial charge is 0.399 e. The summed E-state index contributed by atoms with van der Waals surface area (Å²) in [7, 11) is 1.76. The number of nitrogen functional groups attached to an aromatic ring is 1. The highest BCUT2D eigenvalue weighted by atomic mass is 16.3. The number of rotatable bonds is 3. The molecule has 0 heterocycles. The van der Waals surface area contributed by atoms with Crippen LogP contribution in [0.3, 0.4) is 0 Å². The lowest BCUT2D eigenvalue weighted by atomic mass is 9.82. The fourth-order valence-corrected chi connectivity index (χ4v) is 2.16. The first kappa shape index (κ1) is 12.7. The van der Waals surface area contributed by atoms with E-state index < -0.39 is 0 Å². The van der Waals surface area contributed by atoms with Crippen molar-refractivity contribution in [3.63, 3.8) is 0 Å². The molecule has 0 spiro atoms. The first-order valence-electron chi connectivity index (χ1n) is 6.10. The lowest BCUT2D eigenvalue weighted by Gasteiger charge is -2.34. The molecule has 0 radical (unpaired) electrons. The van der Waals surface area contributed by atoms with Crippen LogP contribution in [0.25, 0.3) is 0 Å². The van der Waals surface area contributed by atoms with Gasteiger partial charge in [0.25, 0.3) is 0 Å². The van der Waals surface area contributed by atoms with Crippen LogP contribution < -0.4 is 11.1 Å². The van der Waals surface area contributed by atoms with Crippen LogP contribution in [-0.4, -0.2) is 35.7 Å². The number of amides is 2. The topological polar surface area (TPSA) is 78.6 Å². The second kappa shape index (κ2) is 5.27. The van der Waals surface area contributed by atoms with Crippen molar-refractivity contribution in [1.82, 2.24) is 4.90 Å². The quantitative estimate of drug-likeness (QED) is 0.710. The highest BCUT2D eigenvalue weighted by Crippen LogP contribution is 2.27. The number of aliphatic hydroxyl groups is 1. The molecule has 0 atom stereocenters. The molecule has 0 unspecified atom stereocenters. The van der Waals surface area contributed by atoms with Gasteiger partial charge in [-0.05, 0) is 37.0 Å². The van der Waals surface area contributed by atoms with E-state index in [0.717, 1.165) is 12.8 Å². The van der Waals surface area contributed by atoms with Gasteiger partial charge in [0.2, 0.25) is 0 Å². The van der Waals surface area contributed by atoms with E-state index in [0.29, 0.717) is 23.8 Å². The summed E-state index contributed by atoms with van der Waals surface area (Å²) in [6.07, 6.45) is 1.40. The summed E-state index contributed by atoms with van der Waals surface area (Å²) < 4.78 is 0. The highest BCUT2D eigenvalue weighted by molar-refractivity contribution is 5.89. The Morgan fingerprint density at radius 2 is 2.28 bits per heavy atom. The number of carbonyl (C=O) groups is 1. The molecule has 1 aromatic rings. The molecule has 1 fully saturated rings. The van der Waals surface area contributed by atoms with Crippen LogP contribution in [0.15, 0.2) is 24.3 Å². The monoisotopic (exact) mass is 249 g/mol. The van der Waals surface area contributed by atoms with Crippen LogP contribution in [-0.2, 0) is 0 Å². The zero-order valence-corrected chi connectivity index (χ0v) is 10.5. The Morgan fingerprint density at radius 3 is 2.89 bits per heavy atom. The fourth-order valence-electron chi connectivity index (χ4n) is 2.16. The van der Waals surface area contributed by atoms with E-state index >= 15 is 0 Å². The molecule has 2 amide bonds. The minimum Gasteiger partial charge on any atom is -0.399 e. The minimum atomic E-state index is -0.180. The van der Waals surface area contributed by atoms with Gasteiger partial charge in [0, 0.05) is 25.0 Å². The van der Waals surface area contributed by atoms with E-state index in [1.807, 2.05) is 0 Å². The van der Waals surface area contributed by atoms with E-state index in [1.165, 1.54) is 0 Å². The predicted molar refractivity (Wildman–Crippen MR) is 71.2 cm³/mol. The molecule has 1 saturated carbocycles. The smallest absolute Gasteiger partial charge is 0.321 e. The Morgan fingerprint density at radius 1 is 1.56 bits per heavy atom. The summed E-state index contributed by atoms with van der Waals surface area (Å²) in [6, 6.07) is 6.94. The van der Waals surface area contributed by atoms with E-state index in [9.17, 15) is 9.90 Å². The van der Waals surface area contributed by atoms with E-state index in [2.05, 4.69) is 5.32 Å². The summed E-state index contributed by atoms with van der Waals surface area (Å²) in [4.78, 5) is 13.5. The molecule has 0 aromatic heterocycles. The molecule has 98 valence electrons. The number of nitrogens with one attached hydrogen (secondary N) is 1. The number of benzene rings is 1. The molecular weight excluding hydrogens is 230 g/mol. The number of anilines is 2. The molecule has 2 rings (SSSR count). The number of hydrogen-bond donors (Lipinski definition) is 3. The third kappa shape index (κ3) is 3.13. The van der Waals surface area contributed by atoms with Crippen molar-refractivity contribution in [2.24, 2.45) is 5.92 Å². The maximum atomic E-state index is 11.9. The van der Waals surface area contributed by atoms with Gasteiger partial charge < -0.3 is 21.1 Å². The summed E-state index contributed by atoms with van der Waals surface area (Å²) in [6.45, 7) is 0.672. The number of urea groups is 1. The second-order valence-electron chi connectivity index (χ2n) is 4.93. The molecule has 0 bridgehead atoms. The Labute approximate surface area is 107 Å². The van der Waals surface area contributed by atoms with E-state index in [1.54, 1.807) is 36.2 Å². The van der Waals surface area contributed by atoms with Crippen molar-refractivity contribution in [3.8, 4) is 0 Å². The van der Waals surface area contributed by atoms with Gasteiger partial charge in [0.1, 0.15) is 0 Å². The summed E-state index contributed by atoms with van der Waals surface area (Å²) in [5.74, 6) is 0.414. The van der Waals surface area contributed by atoms with Gasteiger partial charge in [-0.2, -0.15) is 0 Å². The average Bonchev–Trinajstić information content (AvgIpc) is 2.26. The first-order valence-corrected chi connectivity index (χ1v) is 6.10. The van der Waals surface area contributed by atoms with Gasteiger partial charge in [-0.1, -0.05) is 6.07 Å². The normalized spacial score (nSPS) is 22.1.